The van der Waals surface area contributed by atoms with Crippen molar-refractivity contribution in [2.75, 3.05) is 0 Å². The lowest BCUT2D eigenvalue weighted by molar-refractivity contribution is 0.367. The molecule has 25 rings (SSSR count). The molecule has 141 heavy (non-hydrogen) atoms. The van der Waals surface area contributed by atoms with Crippen LogP contribution in [-0.2, 0) is 32.1 Å². The average Bonchev–Trinajstić information content (AvgIpc) is 1.48. The summed E-state index contributed by atoms with van der Waals surface area (Å²) in [7, 11) is 0. The number of halogens is 2. The molecule has 0 spiro atoms. The minimum atomic E-state index is -0.530. The number of aromatic hydroxyl groups is 11. The van der Waals surface area contributed by atoms with Crippen molar-refractivity contribution in [1.29, 1.82) is 0 Å². The summed E-state index contributed by atoms with van der Waals surface area (Å²) < 4.78 is 1.96. The van der Waals surface area contributed by atoms with E-state index in [4.69, 9.17) is 0 Å². The first-order valence-electron chi connectivity index (χ1n) is 47.0. The van der Waals surface area contributed by atoms with Crippen molar-refractivity contribution in [3.05, 3.63) is 496 Å². The van der Waals surface area contributed by atoms with Crippen LogP contribution in [0.5, 0.6) is 63.2 Å². The molecule has 16 nitrogen and oxygen atoms in total. The normalized spacial score (nSPS) is 14.1. The van der Waals surface area contributed by atoms with Gasteiger partial charge in [-0.1, -0.05) is 232 Å². The summed E-state index contributed by atoms with van der Waals surface area (Å²) in [5, 5.41) is 116. The van der Waals surface area contributed by atoms with Crippen LogP contribution in [-0.4, -0.2) is 81.1 Å². The quantitative estimate of drug-likeness (QED) is 0.0428. The predicted molar refractivity (Wildman–Crippen MR) is 571 cm³/mol. The Morgan fingerprint density at radius 2 is 0.511 bits per heavy atom. The summed E-state index contributed by atoms with van der Waals surface area (Å²) in [5.41, 5.74) is 37.3. The number of allylic oxidation sites excluding steroid dienone is 10. The molecule has 0 saturated carbocycles. The molecule has 5 aliphatic rings. The van der Waals surface area contributed by atoms with Crippen LogP contribution >= 0.6 is 31.9 Å². The molecule has 15 aromatic carbocycles. The average molecular weight is 1980 g/mol. The van der Waals surface area contributed by atoms with E-state index in [1.54, 1.807) is 42.5 Å². The van der Waals surface area contributed by atoms with E-state index in [2.05, 4.69) is 259 Å². The molecule has 0 bridgehead atoms. The number of benzene rings is 15. The van der Waals surface area contributed by atoms with Crippen LogP contribution in [0.15, 0.2) is 368 Å². The van der Waals surface area contributed by atoms with Crippen LogP contribution in [0.4, 0.5) is 0 Å². The van der Waals surface area contributed by atoms with Crippen LogP contribution in [0, 0.1) is 20.8 Å². The van der Waals surface area contributed by atoms with Crippen molar-refractivity contribution in [3.8, 4) is 63.2 Å². The molecular formula is C123H99Br2N5O11. The zero-order chi connectivity index (χ0) is 97.1. The molecule has 5 aliphatic carbocycles. The van der Waals surface area contributed by atoms with Crippen molar-refractivity contribution in [2.45, 2.75) is 82.5 Å². The first kappa shape index (κ1) is 90.9. The summed E-state index contributed by atoms with van der Waals surface area (Å²) in [6.45, 7) is 6.25. The number of rotatable bonds is 15. The van der Waals surface area contributed by atoms with Crippen LogP contribution in [0.25, 0.3) is 82.4 Å². The molecule has 18 heteroatoms. The maximum Gasteiger partial charge on any atom is 0.200 e. The number of nitrogens with one attached hydrogen (secondary N) is 5. The lowest BCUT2D eigenvalue weighted by atomic mass is 9.82. The maximum absolute atomic E-state index is 10.8. The summed E-state index contributed by atoms with van der Waals surface area (Å²) in [4.78, 5) is 17.0. The molecule has 0 fully saturated rings. The lowest BCUT2D eigenvalue weighted by Crippen LogP contribution is -2.04. The van der Waals surface area contributed by atoms with E-state index in [9.17, 15) is 56.2 Å². The van der Waals surface area contributed by atoms with Crippen molar-refractivity contribution < 1.29 is 56.2 Å². The largest absolute Gasteiger partial charge is 0.508 e. The van der Waals surface area contributed by atoms with Gasteiger partial charge in [0.15, 0.2) is 34.5 Å². The fourth-order valence-electron chi connectivity index (χ4n) is 21.5. The standard InChI is InChI=1S/C25H20BrNO.C25H21NO4.C25H21NO2.C24H18BrNO.C24H19NO3/c1-15-2-9-21-23(14-27-24(21)12-15)25(16-3-6-18(26)7-4-16)22-10-5-17-13-19(28)8-11-20(17)22;1-13-2-5-18-20(12-26-21(18)8-13)24(15-10-22(28)25(30)23(29)11-15)19-6-3-14-9-16(27)4-7-17(14)19;1-15-2-9-21-23(14-26-24(21)12-15)25(16-3-6-18(27)7-4-16)22-10-5-17-13-19(28)8-11-20(17)22;25-16-10-12-20(23(27)13-16)24(19-11-9-15-5-1-2-6-17(15)19)21-14-26-22-8-4-3-7-18(21)22;26-21-11-15(12-22(27)24(21)28)23(18-10-9-14-5-1-2-6-16(14)18)19-13-25-20-8-4-3-7-17(19)20/h2-4,6-14,25,27-28H,5H2,1H3;2,4-12,24,26-30H,3H2,1H3;2-4,6-14,25-28H,5H2,1H3;1-8,10-14,24,26-27H,9H2;1-8,10-13,23,25-28H,9H2. The second-order valence-electron chi connectivity index (χ2n) is 36.9. The molecule has 696 valence electrons. The molecular weight excluding hydrogens is 1880 g/mol. The monoisotopic (exact) mass is 1980 g/mol. The van der Waals surface area contributed by atoms with E-state index in [0.717, 1.165) is 129 Å². The highest BCUT2D eigenvalue weighted by Crippen LogP contribution is 2.55. The number of para-hydroxylation sites is 2. The van der Waals surface area contributed by atoms with E-state index in [1.807, 2.05) is 110 Å². The Kier molecular flexibility index (Phi) is 24.6. The van der Waals surface area contributed by atoms with Crippen molar-refractivity contribution >= 4 is 114 Å². The van der Waals surface area contributed by atoms with Gasteiger partial charge in [-0.15, -0.1) is 0 Å². The van der Waals surface area contributed by atoms with E-state index in [1.165, 1.54) is 135 Å². The number of phenols is 11. The minimum absolute atomic E-state index is 0.0297. The van der Waals surface area contributed by atoms with Crippen molar-refractivity contribution in [3.63, 3.8) is 0 Å². The third kappa shape index (κ3) is 17.7. The van der Waals surface area contributed by atoms with Gasteiger partial charge in [-0.2, -0.15) is 0 Å². The van der Waals surface area contributed by atoms with Gasteiger partial charge in [-0.25, -0.2) is 0 Å². The lowest BCUT2D eigenvalue weighted by Gasteiger charge is -2.21. The summed E-state index contributed by atoms with van der Waals surface area (Å²) >= 11 is 7.02. The zero-order valence-corrected chi connectivity index (χ0v) is 80.3. The van der Waals surface area contributed by atoms with Gasteiger partial charge in [-0.3, -0.25) is 0 Å². The van der Waals surface area contributed by atoms with Gasteiger partial charge < -0.3 is 81.1 Å². The Balaban J connectivity index is 0.000000104. The zero-order valence-electron chi connectivity index (χ0n) is 77.2. The summed E-state index contributed by atoms with van der Waals surface area (Å²) in [5.74, 6) is -1.31. The van der Waals surface area contributed by atoms with Gasteiger partial charge in [0.2, 0.25) is 0 Å². The molecule has 0 amide bonds. The third-order valence-corrected chi connectivity index (χ3v) is 29.1. The molecule has 0 saturated heterocycles. The second kappa shape index (κ2) is 38.1. The topological polar surface area (TPSA) is 301 Å². The highest BCUT2D eigenvalue weighted by Gasteiger charge is 2.36. The predicted octanol–water partition coefficient (Wildman–Crippen LogP) is 28.9. The molecule has 0 aliphatic heterocycles. The number of aromatic amines is 5. The molecule has 16 N–H and O–H groups in total. The fraction of sp³-hybridized carbons (Fsp3) is 0.106. The maximum atomic E-state index is 10.8. The van der Waals surface area contributed by atoms with Crippen LogP contribution in [0.3, 0.4) is 0 Å². The Morgan fingerprint density at radius 1 is 0.220 bits per heavy atom. The second-order valence-corrected chi connectivity index (χ2v) is 38.8. The number of hydrogen-bond donors (Lipinski definition) is 16. The first-order chi connectivity index (χ1) is 68.5. The van der Waals surface area contributed by atoms with E-state index in [-0.39, 0.29) is 64.1 Å². The Bertz CT molecular complexity index is 8230. The minimum Gasteiger partial charge on any atom is -0.508 e. The Hall–Kier alpha value is -16.5. The first-order valence-corrected chi connectivity index (χ1v) is 48.6. The van der Waals surface area contributed by atoms with Gasteiger partial charge in [0, 0.05) is 130 Å². The Labute approximate surface area is 830 Å². The van der Waals surface area contributed by atoms with Crippen LogP contribution < -0.4 is 0 Å². The smallest absolute Gasteiger partial charge is 0.200 e. The molecule has 5 atom stereocenters. The van der Waals surface area contributed by atoms with Crippen LogP contribution in [0.2, 0.25) is 0 Å². The van der Waals surface area contributed by atoms with Crippen molar-refractivity contribution in [2.24, 2.45) is 0 Å². The Morgan fingerprint density at radius 3 is 0.887 bits per heavy atom. The SMILES string of the molecule is Cc1ccc2c(C(C3=CCc4cc(O)ccc43)c3cc(O)c(O)c(O)c3)c[nH]c2c1.Cc1ccc2c(C(C3=CCc4cc(O)ccc43)c3ccc(Br)cc3)c[nH]c2c1.Cc1ccc2c(C(C3=CCc4cc(O)ccc43)c3ccc(O)cc3)c[nH]c2c1.Oc1cc(Br)ccc1C(C1=CCc2ccccc21)c1c[nH]c2ccccc12.Oc1cc(C(C2=CCc3ccccc32)c2c[nH]c3ccccc23)cc(O)c1O. The highest BCUT2D eigenvalue weighted by molar-refractivity contribution is 9.10. The van der Waals surface area contributed by atoms with Gasteiger partial charge in [0.1, 0.15) is 28.7 Å². The third-order valence-electron chi connectivity index (χ3n) is 28.1. The highest BCUT2D eigenvalue weighted by atomic mass is 79.9. The number of aromatic nitrogens is 5. The summed E-state index contributed by atoms with van der Waals surface area (Å²) in [6, 6.07) is 97.1. The van der Waals surface area contributed by atoms with Gasteiger partial charge >= 0.3 is 0 Å². The van der Waals surface area contributed by atoms with Gasteiger partial charge in [0.05, 0.1) is 0 Å². The van der Waals surface area contributed by atoms with Crippen LogP contribution in [0.1, 0.15) is 158 Å². The molecule has 20 aromatic rings. The van der Waals surface area contributed by atoms with E-state index in [0.29, 0.717) is 29.2 Å². The number of aryl methyl sites for hydroxylation is 3. The number of fused-ring (bicyclic) bond motifs is 10. The molecule has 5 heterocycles. The van der Waals surface area contributed by atoms with Gasteiger partial charge in [0.25, 0.3) is 0 Å². The fourth-order valence-corrected chi connectivity index (χ4v) is 22.1. The van der Waals surface area contributed by atoms with E-state index >= 15 is 0 Å². The van der Waals surface area contributed by atoms with Crippen molar-refractivity contribution in [1.82, 2.24) is 24.9 Å². The summed E-state index contributed by atoms with van der Waals surface area (Å²) in [6.07, 6.45) is 25.6. The van der Waals surface area contributed by atoms with E-state index < -0.39 is 11.5 Å². The molecule has 0 radical (unpaired) electrons. The molecule has 5 unspecified atom stereocenters. The molecule has 5 aromatic heterocycles. The number of hydrogen-bond acceptors (Lipinski definition) is 11. The number of phenolic OH excluding ortho intramolecular Hbond substituents is 11. The number of H-pyrrole nitrogens is 5. The van der Waals surface area contributed by atoms with Gasteiger partial charge in [-0.05, 0) is 331 Å².